The number of carbonyl (C=O) groups is 1. The summed E-state index contributed by atoms with van der Waals surface area (Å²) in [7, 11) is 0. The van der Waals surface area contributed by atoms with E-state index in [-0.39, 0.29) is 5.91 Å². The number of hydrogen-bond acceptors (Lipinski definition) is 5. The van der Waals surface area contributed by atoms with Gasteiger partial charge in [-0.05, 0) is 45.0 Å². The fraction of sp³-hybridized carbons (Fsp3) is 0.167. The van der Waals surface area contributed by atoms with E-state index in [9.17, 15) is 4.79 Å². The molecule has 0 aliphatic carbocycles. The largest absolute Gasteiger partial charge is 0.321 e. The molecule has 26 heavy (non-hydrogen) atoms. The Bertz CT molecular complexity index is 1110. The average molecular weight is 347 g/mol. The minimum atomic E-state index is -0.249. The number of fused-ring (bicyclic) bond motifs is 1. The maximum absolute atomic E-state index is 12.5. The summed E-state index contributed by atoms with van der Waals surface area (Å²) in [5.74, 6) is 0.450. The van der Waals surface area contributed by atoms with Crippen LogP contribution in [0.4, 0.5) is 5.69 Å². The highest BCUT2D eigenvalue weighted by Gasteiger charge is 2.11. The third-order valence-corrected chi connectivity index (χ3v) is 4.09. The summed E-state index contributed by atoms with van der Waals surface area (Å²) in [5.41, 5.74) is 4.46. The number of aromatic nitrogens is 6. The molecule has 0 atom stereocenters. The van der Waals surface area contributed by atoms with Crippen molar-refractivity contribution in [3.05, 3.63) is 59.3 Å². The zero-order valence-electron chi connectivity index (χ0n) is 14.6. The van der Waals surface area contributed by atoms with Crippen molar-refractivity contribution in [2.45, 2.75) is 20.8 Å². The molecule has 0 spiro atoms. The first-order valence-corrected chi connectivity index (χ1v) is 8.13. The smallest absolute Gasteiger partial charge is 0.257 e. The van der Waals surface area contributed by atoms with Crippen LogP contribution < -0.4 is 5.32 Å². The number of hydrogen-bond donors (Lipinski definition) is 2. The Hall–Kier alpha value is -3.55. The molecule has 8 nitrogen and oxygen atoms in total. The van der Waals surface area contributed by atoms with E-state index in [0.717, 1.165) is 22.5 Å². The highest BCUT2D eigenvalue weighted by atomic mass is 16.1. The Morgan fingerprint density at radius 3 is 2.65 bits per heavy atom. The van der Waals surface area contributed by atoms with Gasteiger partial charge in [-0.25, -0.2) is 14.6 Å². The lowest BCUT2D eigenvalue weighted by atomic mass is 10.2. The second-order valence-electron chi connectivity index (χ2n) is 6.14. The summed E-state index contributed by atoms with van der Waals surface area (Å²) in [6.45, 7) is 5.80. The van der Waals surface area contributed by atoms with Gasteiger partial charge in [0.2, 0.25) is 0 Å². The summed E-state index contributed by atoms with van der Waals surface area (Å²) in [6.07, 6.45) is 3.12. The molecule has 0 fully saturated rings. The molecule has 0 saturated carbocycles. The van der Waals surface area contributed by atoms with Gasteiger partial charge in [0.15, 0.2) is 11.5 Å². The van der Waals surface area contributed by atoms with Crippen molar-refractivity contribution in [1.29, 1.82) is 0 Å². The van der Waals surface area contributed by atoms with Gasteiger partial charge >= 0.3 is 0 Å². The van der Waals surface area contributed by atoms with Gasteiger partial charge in [-0.1, -0.05) is 0 Å². The Labute approximate surface area is 149 Å². The van der Waals surface area contributed by atoms with Crippen LogP contribution in [0.2, 0.25) is 0 Å². The molecule has 4 aromatic rings. The zero-order valence-corrected chi connectivity index (χ0v) is 14.6. The van der Waals surface area contributed by atoms with Crippen molar-refractivity contribution < 1.29 is 4.79 Å². The normalized spacial score (nSPS) is 11.0. The Morgan fingerprint density at radius 1 is 1.12 bits per heavy atom. The van der Waals surface area contributed by atoms with Gasteiger partial charge in [0.1, 0.15) is 0 Å². The van der Waals surface area contributed by atoms with E-state index < -0.39 is 0 Å². The molecule has 0 bridgehead atoms. The fourth-order valence-corrected chi connectivity index (χ4v) is 2.79. The average Bonchev–Trinajstić information content (AvgIpc) is 3.17. The molecule has 4 aromatic heterocycles. The van der Waals surface area contributed by atoms with Crippen molar-refractivity contribution >= 4 is 22.6 Å². The lowest BCUT2D eigenvalue weighted by Crippen LogP contribution is -2.12. The van der Waals surface area contributed by atoms with E-state index in [1.807, 2.05) is 32.9 Å². The summed E-state index contributed by atoms with van der Waals surface area (Å²) in [5, 5.41) is 15.0. The number of aryl methyl sites for hydroxylation is 3. The van der Waals surface area contributed by atoms with Crippen molar-refractivity contribution in [1.82, 2.24) is 29.9 Å². The lowest BCUT2D eigenvalue weighted by Gasteiger charge is -2.07. The molecule has 0 saturated heterocycles. The molecule has 0 aliphatic rings. The summed E-state index contributed by atoms with van der Waals surface area (Å²) < 4.78 is 1.76. The van der Waals surface area contributed by atoms with Crippen LogP contribution in [0, 0.1) is 20.8 Å². The second kappa shape index (κ2) is 6.07. The maximum Gasteiger partial charge on any atom is 0.257 e. The van der Waals surface area contributed by atoms with E-state index in [2.05, 4.69) is 30.6 Å². The SMILES string of the molecule is Cc1cc(C)n(-c2ccc(NC(=O)c3cnc4n[nH]c(C)c4c3)cn2)n1. The van der Waals surface area contributed by atoms with Crippen molar-refractivity contribution in [3.8, 4) is 5.82 Å². The third kappa shape index (κ3) is 2.81. The predicted molar refractivity (Wildman–Crippen MR) is 97.4 cm³/mol. The van der Waals surface area contributed by atoms with E-state index in [1.54, 1.807) is 23.0 Å². The van der Waals surface area contributed by atoms with Crippen LogP contribution >= 0.6 is 0 Å². The number of rotatable bonds is 3. The first kappa shape index (κ1) is 15.9. The number of nitrogens with one attached hydrogen (secondary N) is 2. The second-order valence-corrected chi connectivity index (χ2v) is 6.14. The van der Waals surface area contributed by atoms with Gasteiger partial charge in [-0.15, -0.1) is 0 Å². The number of nitrogens with zero attached hydrogens (tertiary/aromatic N) is 5. The van der Waals surface area contributed by atoms with Crippen molar-refractivity contribution in [3.63, 3.8) is 0 Å². The zero-order chi connectivity index (χ0) is 18.3. The number of aromatic amines is 1. The van der Waals surface area contributed by atoms with E-state index in [0.29, 0.717) is 22.7 Å². The van der Waals surface area contributed by atoms with Crippen LogP contribution in [0.3, 0.4) is 0 Å². The Kier molecular flexibility index (Phi) is 3.72. The third-order valence-electron chi connectivity index (χ3n) is 4.09. The molecule has 0 unspecified atom stereocenters. The first-order chi connectivity index (χ1) is 12.5. The maximum atomic E-state index is 12.5. The predicted octanol–water partition coefficient (Wildman–Crippen LogP) is 2.72. The Morgan fingerprint density at radius 2 is 1.96 bits per heavy atom. The van der Waals surface area contributed by atoms with Gasteiger partial charge in [0, 0.05) is 23.0 Å². The molecule has 4 heterocycles. The number of carbonyl (C=O) groups excluding carboxylic acids is 1. The molecule has 0 aliphatic heterocycles. The van der Waals surface area contributed by atoms with E-state index >= 15 is 0 Å². The minimum Gasteiger partial charge on any atom is -0.321 e. The molecule has 8 heteroatoms. The summed E-state index contributed by atoms with van der Waals surface area (Å²) >= 11 is 0. The molecule has 0 radical (unpaired) electrons. The van der Waals surface area contributed by atoms with Crippen LogP contribution in [-0.4, -0.2) is 35.9 Å². The minimum absolute atomic E-state index is 0.249. The lowest BCUT2D eigenvalue weighted by molar-refractivity contribution is 0.102. The van der Waals surface area contributed by atoms with Gasteiger partial charge < -0.3 is 5.32 Å². The number of H-pyrrole nitrogens is 1. The van der Waals surface area contributed by atoms with Crippen LogP contribution in [0.5, 0.6) is 0 Å². The number of anilines is 1. The topological polar surface area (TPSA) is 101 Å². The molecule has 2 N–H and O–H groups in total. The summed E-state index contributed by atoms with van der Waals surface area (Å²) in [6, 6.07) is 7.37. The van der Waals surface area contributed by atoms with Crippen LogP contribution in [-0.2, 0) is 0 Å². The molecular weight excluding hydrogens is 330 g/mol. The highest BCUT2D eigenvalue weighted by Crippen LogP contribution is 2.17. The molecule has 0 aromatic carbocycles. The molecule has 1 amide bonds. The number of amides is 1. The monoisotopic (exact) mass is 347 g/mol. The van der Waals surface area contributed by atoms with Crippen LogP contribution in [0.15, 0.2) is 36.7 Å². The molecule has 4 rings (SSSR count). The molecular formula is C18H17N7O. The van der Waals surface area contributed by atoms with E-state index in [4.69, 9.17) is 0 Å². The standard InChI is InChI=1S/C18H17N7O/c1-10-6-11(2)25(24-10)16-5-4-14(9-19-16)21-18(26)13-7-15-12(3)22-23-17(15)20-8-13/h4-9H,1-3H3,(H,21,26)(H,20,22,23). The fourth-order valence-electron chi connectivity index (χ4n) is 2.79. The van der Waals surface area contributed by atoms with Crippen LogP contribution in [0.1, 0.15) is 27.4 Å². The Balaban J connectivity index is 1.55. The van der Waals surface area contributed by atoms with Gasteiger partial charge in [-0.2, -0.15) is 10.2 Å². The quantitative estimate of drug-likeness (QED) is 0.593. The number of pyridine rings is 2. The van der Waals surface area contributed by atoms with E-state index in [1.165, 1.54) is 6.20 Å². The first-order valence-electron chi connectivity index (χ1n) is 8.13. The van der Waals surface area contributed by atoms with Gasteiger partial charge in [0.05, 0.1) is 23.1 Å². The molecule has 130 valence electrons. The highest BCUT2D eigenvalue weighted by molar-refractivity contribution is 6.05. The van der Waals surface area contributed by atoms with Crippen molar-refractivity contribution in [2.24, 2.45) is 0 Å². The van der Waals surface area contributed by atoms with Gasteiger partial charge in [0.25, 0.3) is 5.91 Å². The van der Waals surface area contributed by atoms with Crippen molar-refractivity contribution in [2.75, 3.05) is 5.32 Å². The van der Waals surface area contributed by atoms with Crippen LogP contribution in [0.25, 0.3) is 16.9 Å². The summed E-state index contributed by atoms with van der Waals surface area (Å²) in [4.78, 5) is 21.1. The van der Waals surface area contributed by atoms with Gasteiger partial charge in [-0.3, -0.25) is 9.89 Å².